The van der Waals surface area contributed by atoms with Crippen LogP contribution in [-0.4, -0.2) is 55.7 Å². The molecule has 0 aliphatic carbocycles. The lowest BCUT2D eigenvalue weighted by atomic mass is 10.1. The Morgan fingerprint density at radius 3 is 2.76 bits per heavy atom. The number of piperidine rings is 1. The second kappa shape index (κ2) is 8.60. The van der Waals surface area contributed by atoms with Crippen LogP contribution < -0.4 is 11.3 Å². The molecule has 0 aromatic heterocycles. The second-order valence-electron chi connectivity index (χ2n) is 4.12. The second-order valence-corrected chi connectivity index (χ2v) is 5.26. The van der Waals surface area contributed by atoms with Gasteiger partial charge in [-0.25, -0.2) is 5.84 Å². The summed E-state index contributed by atoms with van der Waals surface area (Å²) >= 11 is 1.96. The van der Waals surface area contributed by atoms with Crippen molar-refractivity contribution in [3.63, 3.8) is 0 Å². The average Bonchev–Trinajstić information content (AvgIpc) is 2.39. The molecule has 0 spiro atoms. The fourth-order valence-electron chi connectivity index (χ4n) is 1.93. The molecular weight excluding hydrogens is 236 g/mol. The number of aliphatic imine (C=N–C) groups is 1. The average molecular weight is 260 g/mol. The van der Waals surface area contributed by atoms with E-state index in [4.69, 9.17) is 10.6 Å². The van der Waals surface area contributed by atoms with Crippen molar-refractivity contribution >= 4 is 17.7 Å². The van der Waals surface area contributed by atoms with Crippen molar-refractivity contribution in [3.8, 4) is 0 Å². The van der Waals surface area contributed by atoms with Gasteiger partial charge in [-0.2, -0.15) is 11.8 Å². The highest BCUT2D eigenvalue weighted by atomic mass is 32.2. The van der Waals surface area contributed by atoms with Crippen molar-refractivity contribution in [2.75, 3.05) is 39.6 Å². The highest BCUT2D eigenvalue weighted by molar-refractivity contribution is 7.99. The molecule has 0 atom stereocenters. The van der Waals surface area contributed by atoms with Crippen LogP contribution in [0.25, 0.3) is 0 Å². The van der Waals surface area contributed by atoms with Gasteiger partial charge in [-0.05, 0) is 25.5 Å². The summed E-state index contributed by atoms with van der Waals surface area (Å²) in [5.41, 5.74) is 2.71. The topological polar surface area (TPSA) is 62.9 Å². The predicted molar refractivity (Wildman–Crippen MR) is 74.2 cm³/mol. The maximum absolute atomic E-state index is 5.53. The van der Waals surface area contributed by atoms with E-state index < -0.39 is 0 Å². The molecular formula is C11H24N4OS. The molecule has 0 radical (unpaired) electrons. The van der Waals surface area contributed by atoms with E-state index in [1.807, 2.05) is 11.8 Å². The first kappa shape index (κ1) is 14.6. The minimum atomic E-state index is 0.746. The van der Waals surface area contributed by atoms with Gasteiger partial charge in [0.05, 0.1) is 0 Å². The number of nitrogens with one attached hydrogen (secondary N) is 1. The maximum atomic E-state index is 5.53. The van der Waals surface area contributed by atoms with Gasteiger partial charge in [-0.1, -0.05) is 0 Å². The molecule has 1 saturated heterocycles. The molecule has 1 rings (SSSR count). The molecule has 0 saturated carbocycles. The maximum Gasteiger partial charge on any atom is 0.208 e. The van der Waals surface area contributed by atoms with Crippen molar-refractivity contribution in [2.45, 2.75) is 24.5 Å². The number of methoxy groups -OCH3 is 1. The number of nitrogens with two attached hydrogens (primary N) is 1. The van der Waals surface area contributed by atoms with Crippen molar-refractivity contribution < 1.29 is 4.74 Å². The Morgan fingerprint density at radius 2 is 2.24 bits per heavy atom. The van der Waals surface area contributed by atoms with Crippen LogP contribution in [-0.2, 0) is 4.74 Å². The largest absolute Gasteiger partial charge is 0.385 e. The number of nitrogens with zero attached hydrogens (tertiary/aromatic N) is 2. The van der Waals surface area contributed by atoms with Crippen LogP contribution in [0.15, 0.2) is 4.99 Å². The van der Waals surface area contributed by atoms with Crippen molar-refractivity contribution in [1.82, 2.24) is 10.3 Å². The Labute approximate surface area is 108 Å². The summed E-state index contributed by atoms with van der Waals surface area (Å²) in [5, 5.41) is 0.791. The van der Waals surface area contributed by atoms with Gasteiger partial charge in [0, 0.05) is 38.6 Å². The van der Waals surface area contributed by atoms with Crippen molar-refractivity contribution in [1.29, 1.82) is 0 Å². The van der Waals surface area contributed by atoms with Gasteiger partial charge in [0.25, 0.3) is 0 Å². The number of guanidine groups is 1. The molecule has 6 heteroatoms. The SMILES string of the molecule is COCCCN=C(NN)N1CCC(SC)CC1. The lowest BCUT2D eigenvalue weighted by Gasteiger charge is -2.32. The summed E-state index contributed by atoms with van der Waals surface area (Å²) in [4.78, 5) is 6.71. The molecule has 0 aromatic rings. The molecule has 5 nitrogen and oxygen atoms in total. The van der Waals surface area contributed by atoms with Crippen molar-refractivity contribution in [3.05, 3.63) is 0 Å². The zero-order chi connectivity index (χ0) is 12.5. The number of hydrogen-bond donors (Lipinski definition) is 2. The molecule has 0 unspecified atom stereocenters. The lowest BCUT2D eigenvalue weighted by molar-refractivity contribution is 0.196. The predicted octanol–water partition coefficient (Wildman–Crippen LogP) is 0.670. The van der Waals surface area contributed by atoms with E-state index in [1.165, 1.54) is 12.8 Å². The number of thioether (sulfide) groups is 1. The fourth-order valence-corrected chi connectivity index (χ4v) is 2.62. The Morgan fingerprint density at radius 1 is 1.53 bits per heavy atom. The molecule has 0 aromatic carbocycles. The smallest absolute Gasteiger partial charge is 0.208 e. The minimum absolute atomic E-state index is 0.746. The summed E-state index contributed by atoms with van der Waals surface area (Å²) in [7, 11) is 1.71. The Bertz CT molecular complexity index is 230. The van der Waals surface area contributed by atoms with Gasteiger partial charge >= 0.3 is 0 Å². The normalized spacial score (nSPS) is 18.5. The van der Waals surface area contributed by atoms with E-state index in [0.717, 1.165) is 43.9 Å². The summed E-state index contributed by atoms with van der Waals surface area (Å²) in [6, 6.07) is 0. The van der Waals surface area contributed by atoms with Gasteiger partial charge in [-0.15, -0.1) is 0 Å². The van der Waals surface area contributed by atoms with Crippen LogP contribution in [0.5, 0.6) is 0 Å². The molecule has 1 aliphatic heterocycles. The Hall–Kier alpha value is -0.460. The zero-order valence-corrected chi connectivity index (χ0v) is 11.6. The third kappa shape index (κ3) is 5.14. The zero-order valence-electron chi connectivity index (χ0n) is 10.8. The molecule has 1 aliphatic rings. The number of ether oxygens (including phenoxy) is 1. The first-order valence-electron chi connectivity index (χ1n) is 6.09. The van der Waals surface area contributed by atoms with Crippen LogP contribution in [0.1, 0.15) is 19.3 Å². The third-order valence-electron chi connectivity index (χ3n) is 2.97. The van der Waals surface area contributed by atoms with Gasteiger partial charge in [0.2, 0.25) is 5.96 Å². The number of hydrogen-bond acceptors (Lipinski definition) is 4. The molecule has 3 N–H and O–H groups in total. The highest BCUT2D eigenvalue weighted by Gasteiger charge is 2.20. The summed E-state index contributed by atoms with van der Waals surface area (Å²) < 4.78 is 4.99. The number of rotatable bonds is 5. The molecule has 100 valence electrons. The van der Waals surface area contributed by atoms with Crippen LogP contribution in [0.3, 0.4) is 0 Å². The van der Waals surface area contributed by atoms with Gasteiger partial charge in [0.1, 0.15) is 0 Å². The minimum Gasteiger partial charge on any atom is -0.385 e. The molecule has 1 fully saturated rings. The van der Waals surface area contributed by atoms with E-state index in [-0.39, 0.29) is 0 Å². The Balaban J connectivity index is 2.34. The highest BCUT2D eigenvalue weighted by Crippen LogP contribution is 2.20. The molecule has 1 heterocycles. The molecule has 0 bridgehead atoms. The van der Waals surface area contributed by atoms with E-state index >= 15 is 0 Å². The number of hydrazine groups is 1. The molecule has 17 heavy (non-hydrogen) atoms. The van der Waals surface area contributed by atoms with Crippen LogP contribution in [0, 0.1) is 0 Å². The van der Waals surface area contributed by atoms with E-state index in [0.29, 0.717) is 0 Å². The number of likely N-dealkylation sites (tertiary alicyclic amines) is 1. The monoisotopic (exact) mass is 260 g/mol. The fraction of sp³-hybridized carbons (Fsp3) is 0.909. The van der Waals surface area contributed by atoms with Crippen LogP contribution in [0.4, 0.5) is 0 Å². The van der Waals surface area contributed by atoms with Crippen LogP contribution >= 0.6 is 11.8 Å². The van der Waals surface area contributed by atoms with Gasteiger partial charge in [0.15, 0.2) is 0 Å². The van der Waals surface area contributed by atoms with Gasteiger partial charge in [-0.3, -0.25) is 10.4 Å². The summed E-state index contributed by atoms with van der Waals surface area (Å²) in [6.07, 6.45) is 5.53. The van der Waals surface area contributed by atoms with Crippen LogP contribution in [0.2, 0.25) is 0 Å². The standard InChI is InChI=1S/C11H24N4OS/c1-16-9-3-6-13-11(14-12)15-7-4-10(17-2)5-8-15/h10H,3-9,12H2,1-2H3,(H,13,14). The first-order chi connectivity index (χ1) is 8.31. The Kier molecular flexibility index (Phi) is 7.39. The summed E-state index contributed by atoms with van der Waals surface area (Å²) in [5.74, 6) is 6.35. The summed E-state index contributed by atoms with van der Waals surface area (Å²) in [6.45, 7) is 3.59. The first-order valence-corrected chi connectivity index (χ1v) is 7.38. The van der Waals surface area contributed by atoms with E-state index in [2.05, 4.69) is 21.6 Å². The van der Waals surface area contributed by atoms with Gasteiger partial charge < -0.3 is 9.64 Å². The van der Waals surface area contributed by atoms with E-state index in [1.54, 1.807) is 7.11 Å². The molecule has 0 amide bonds. The quantitative estimate of drug-likeness (QED) is 0.250. The third-order valence-corrected chi connectivity index (χ3v) is 4.11. The van der Waals surface area contributed by atoms with Crippen molar-refractivity contribution in [2.24, 2.45) is 10.8 Å². The lowest BCUT2D eigenvalue weighted by Crippen LogP contribution is -2.48. The van der Waals surface area contributed by atoms with E-state index in [9.17, 15) is 0 Å².